The highest BCUT2D eigenvalue weighted by Gasteiger charge is 2.09. The van der Waals surface area contributed by atoms with Crippen LogP contribution in [0.15, 0.2) is 36.4 Å². The summed E-state index contributed by atoms with van der Waals surface area (Å²) >= 11 is 0. The predicted octanol–water partition coefficient (Wildman–Crippen LogP) is 3.03. The minimum Gasteiger partial charge on any atom is -0.495 e. The maximum Gasteiger partial charge on any atom is 0.143 e. The van der Waals surface area contributed by atoms with Crippen molar-refractivity contribution in [2.75, 3.05) is 18.2 Å². The Morgan fingerprint density at radius 2 is 2.11 bits per heavy atom. The van der Waals surface area contributed by atoms with Crippen LogP contribution in [0.1, 0.15) is 5.56 Å². The monoisotopic (exact) mass is 257 g/mol. The number of ether oxygens (including phenoxy) is 1. The summed E-state index contributed by atoms with van der Waals surface area (Å²) in [4.78, 5) is 0. The Labute approximate surface area is 110 Å². The number of nitriles is 1. The van der Waals surface area contributed by atoms with E-state index in [9.17, 15) is 4.39 Å². The molecule has 0 aromatic heterocycles. The lowest BCUT2D eigenvalue weighted by Gasteiger charge is -2.13. The first-order valence-corrected chi connectivity index (χ1v) is 5.54. The van der Waals surface area contributed by atoms with E-state index in [1.807, 2.05) is 0 Å². The number of hydrogen-bond donors (Lipinski definition) is 2. The highest BCUT2D eigenvalue weighted by molar-refractivity contribution is 5.74. The molecule has 19 heavy (non-hydrogen) atoms. The van der Waals surface area contributed by atoms with Crippen LogP contribution < -0.4 is 15.8 Å². The Hall–Kier alpha value is -2.74. The second-order valence-electron chi connectivity index (χ2n) is 3.89. The zero-order chi connectivity index (χ0) is 13.8. The summed E-state index contributed by atoms with van der Waals surface area (Å²) in [6.07, 6.45) is 0. The van der Waals surface area contributed by atoms with Crippen LogP contribution in [0.3, 0.4) is 0 Å². The van der Waals surface area contributed by atoms with E-state index in [0.717, 1.165) is 0 Å². The molecule has 0 aliphatic heterocycles. The molecule has 0 fully saturated rings. The van der Waals surface area contributed by atoms with Crippen LogP contribution in [-0.2, 0) is 0 Å². The molecule has 4 nitrogen and oxygen atoms in total. The van der Waals surface area contributed by atoms with E-state index >= 15 is 0 Å². The largest absolute Gasteiger partial charge is 0.495 e. The SMILES string of the molecule is COc1cccc(C#N)c1Nc1cc(N)cc(F)c1. The lowest BCUT2D eigenvalue weighted by Crippen LogP contribution is -1.99. The lowest BCUT2D eigenvalue weighted by atomic mass is 10.1. The van der Waals surface area contributed by atoms with Gasteiger partial charge >= 0.3 is 0 Å². The molecule has 2 aromatic rings. The molecule has 3 N–H and O–H groups in total. The van der Waals surface area contributed by atoms with Crippen LogP contribution in [0.25, 0.3) is 0 Å². The smallest absolute Gasteiger partial charge is 0.143 e. The normalized spacial score (nSPS) is 9.74. The molecule has 2 aromatic carbocycles. The molecule has 0 saturated carbocycles. The number of nitrogens with one attached hydrogen (secondary N) is 1. The number of nitrogens with zero attached hydrogens (tertiary/aromatic N) is 1. The van der Waals surface area contributed by atoms with Crippen molar-refractivity contribution in [1.82, 2.24) is 0 Å². The number of nitrogens with two attached hydrogens (primary N) is 1. The van der Waals surface area contributed by atoms with Gasteiger partial charge in [-0.15, -0.1) is 0 Å². The van der Waals surface area contributed by atoms with Crippen molar-refractivity contribution >= 4 is 17.1 Å². The van der Waals surface area contributed by atoms with Crippen LogP contribution >= 0.6 is 0 Å². The van der Waals surface area contributed by atoms with E-state index in [4.69, 9.17) is 15.7 Å². The van der Waals surface area contributed by atoms with Gasteiger partial charge in [-0.2, -0.15) is 5.26 Å². The third-order valence-corrected chi connectivity index (χ3v) is 2.56. The summed E-state index contributed by atoms with van der Waals surface area (Å²) in [7, 11) is 1.50. The second kappa shape index (κ2) is 5.27. The third-order valence-electron chi connectivity index (χ3n) is 2.56. The lowest BCUT2D eigenvalue weighted by molar-refractivity contribution is 0.416. The molecule has 0 amide bonds. The molecule has 0 atom stereocenters. The topological polar surface area (TPSA) is 71.1 Å². The maximum absolute atomic E-state index is 13.3. The fourth-order valence-electron chi connectivity index (χ4n) is 1.75. The molecule has 0 saturated heterocycles. The Morgan fingerprint density at radius 1 is 1.32 bits per heavy atom. The molecule has 0 aliphatic carbocycles. The summed E-state index contributed by atoms with van der Waals surface area (Å²) in [6, 6.07) is 11.2. The van der Waals surface area contributed by atoms with Gasteiger partial charge in [0.05, 0.1) is 18.4 Å². The van der Waals surface area contributed by atoms with Crippen molar-refractivity contribution < 1.29 is 9.13 Å². The molecule has 96 valence electrons. The minimum atomic E-state index is -0.448. The Balaban J connectivity index is 2.45. The van der Waals surface area contributed by atoms with Crippen LogP contribution in [0, 0.1) is 17.1 Å². The van der Waals surface area contributed by atoms with Gasteiger partial charge in [-0.3, -0.25) is 0 Å². The molecule has 5 heteroatoms. The predicted molar refractivity (Wildman–Crippen MR) is 71.8 cm³/mol. The number of benzene rings is 2. The summed E-state index contributed by atoms with van der Waals surface area (Å²) in [5.74, 6) is 0.0535. The van der Waals surface area contributed by atoms with E-state index < -0.39 is 5.82 Å². The molecule has 0 bridgehead atoms. The standard InChI is InChI=1S/C14H12FN3O/c1-19-13-4-2-3-9(8-16)14(13)18-12-6-10(15)5-11(17)7-12/h2-7,18H,17H2,1H3. The molecule has 0 unspecified atom stereocenters. The first-order chi connectivity index (χ1) is 9.13. The fraction of sp³-hybridized carbons (Fsp3) is 0.0714. The molecular weight excluding hydrogens is 245 g/mol. The van der Waals surface area contributed by atoms with Gasteiger partial charge in [0.2, 0.25) is 0 Å². The van der Waals surface area contributed by atoms with Gasteiger partial charge in [0.1, 0.15) is 17.6 Å². The number of methoxy groups -OCH3 is 1. The first kappa shape index (κ1) is 12.7. The van der Waals surface area contributed by atoms with Gasteiger partial charge in [-0.05, 0) is 30.3 Å². The molecule has 0 aliphatic rings. The molecule has 0 spiro atoms. The highest BCUT2D eigenvalue weighted by atomic mass is 19.1. The van der Waals surface area contributed by atoms with Crippen molar-refractivity contribution in [3.8, 4) is 11.8 Å². The molecule has 2 rings (SSSR count). The average molecular weight is 257 g/mol. The quantitative estimate of drug-likeness (QED) is 0.829. The van der Waals surface area contributed by atoms with Gasteiger partial charge in [0.25, 0.3) is 0 Å². The summed E-state index contributed by atoms with van der Waals surface area (Å²) in [5, 5.41) is 12.0. The zero-order valence-corrected chi connectivity index (χ0v) is 10.3. The zero-order valence-electron chi connectivity index (χ0n) is 10.3. The summed E-state index contributed by atoms with van der Waals surface area (Å²) in [6.45, 7) is 0. The number of anilines is 3. The van der Waals surface area contributed by atoms with Gasteiger partial charge in [0, 0.05) is 11.4 Å². The van der Waals surface area contributed by atoms with E-state index in [-0.39, 0.29) is 0 Å². The summed E-state index contributed by atoms with van der Waals surface area (Å²) < 4.78 is 18.5. The molecular formula is C14H12FN3O. The van der Waals surface area contributed by atoms with E-state index in [1.54, 1.807) is 24.3 Å². The van der Waals surface area contributed by atoms with E-state index in [2.05, 4.69) is 11.4 Å². The first-order valence-electron chi connectivity index (χ1n) is 5.54. The fourth-order valence-corrected chi connectivity index (χ4v) is 1.75. The molecule has 0 radical (unpaired) electrons. The average Bonchev–Trinajstić information content (AvgIpc) is 2.37. The number of hydrogen-bond acceptors (Lipinski definition) is 4. The van der Waals surface area contributed by atoms with Crippen molar-refractivity contribution in [3.05, 3.63) is 47.8 Å². The highest BCUT2D eigenvalue weighted by Crippen LogP contribution is 2.31. The van der Waals surface area contributed by atoms with Crippen LogP contribution in [0.5, 0.6) is 5.75 Å². The number of para-hydroxylation sites is 1. The van der Waals surface area contributed by atoms with Gasteiger partial charge in [-0.25, -0.2) is 4.39 Å². The maximum atomic E-state index is 13.3. The summed E-state index contributed by atoms with van der Waals surface area (Å²) in [5.41, 5.74) is 7.23. The number of nitrogen functional groups attached to an aromatic ring is 1. The number of rotatable bonds is 3. The van der Waals surface area contributed by atoms with Crippen molar-refractivity contribution in [2.24, 2.45) is 0 Å². The van der Waals surface area contributed by atoms with Gasteiger partial charge in [-0.1, -0.05) is 6.07 Å². The second-order valence-corrected chi connectivity index (χ2v) is 3.89. The van der Waals surface area contributed by atoms with E-state index in [1.165, 1.54) is 19.2 Å². The van der Waals surface area contributed by atoms with Crippen molar-refractivity contribution in [3.63, 3.8) is 0 Å². The Morgan fingerprint density at radius 3 is 2.74 bits per heavy atom. The molecule has 0 heterocycles. The Bertz CT molecular complexity index is 629. The van der Waals surface area contributed by atoms with Crippen LogP contribution in [-0.4, -0.2) is 7.11 Å². The van der Waals surface area contributed by atoms with Crippen LogP contribution in [0.4, 0.5) is 21.5 Å². The van der Waals surface area contributed by atoms with Crippen LogP contribution in [0.2, 0.25) is 0 Å². The van der Waals surface area contributed by atoms with Crippen molar-refractivity contribution in [2.45, 2.75) is 0 Å². The van der Waals surface area contributed by atoms with E-state index in [0.29, 0.717) is 28.4 Å². The number of halogens is 1. The van der Waals surface area contributed by atoms with Gasteiger partial charge in [0.15, 0.2) is 0 Å². The van der Waals surface area contributed by atoms with Gasteiger partial charge < -0.3 is 15.8 Å². The Kier molecular flexibility index (Phi) is 3.53. The minimum absolute atomic E-state index is 0.302. The van der Waals surface area contributed by atoms with Crippen molar-refractivity contribution in [1.29, 1.82) is 5.26 Å². The third kappa shape index (κ3) is 2.75.